The van der Waals surface area contributed by atoms with Crippen LogP contribution in [0.1, 0.15) is 6.42 Å². The predicted molar refractivity (Wildman–Crippen MR) is 154 cm³/mol. The molecule has 4 aromatic rings. The Labute approximate surface area is 266 Å². The van der Waals surface area contributed by atoms with Crippen molar-refractivity contribution in [2.75, 3.05) is 26.2 Å². The number of halogens is 7. The van der Waals surface area contributed by atoms with E-state index in [0.29, 0.717) is 23.9 Å². The van der Waals surface area contributed by atoms with Gasteiger partial charge in [-0.1, -0.05) is 11.6 Å². The van der Waals surface area contributed by atoms with Gasteiger partial charge in [0.1, 0.15) is 30.4 Å². The molecule has 1 aliphatic heterocycles. The highest BCUT2D eigenvalue weighted by molar-refractivity contribution is 6.31. The molecule has 1 fully saturated rings. The van der Waals surface area contributed by atoms with E-state index in [2.05, 4.69) is 19.9 Å². The van der Waals surface area contributed by atoms with Gasteiger partial charge in [0.2, 0.25) is 0 Å². The van der Waals surface area contributed by atoms with Crippen LogP contribution in [0.4, 0.5) is 26.3 Å². The number of rotatable bonds is 7. The SMILES string of the molecule is O=C(O)C(F)(F)F.O=C(O)C(F)(F)F.OC1CCN(CC(O)COc2ccc(-c3[nH]c4ncc(Cl)cc4c3-c3cncnc3)cc2)C1. The van der Waals surface area contributed by atoms with Gasteiger partial charge in [-0.25, -0.2) is 24.5 Å². The van der Waals surface area contributed by atoms with E-state index in [0.717, 1.165) is 46.4 Å². The van der Waals surface area contributed by atoms with Crippen molar-refractivity contribution in [3.63, 3.8) is 0 Å². The summed E-state index contributed by atoms with van der Waals surface area (Å²) in [7, 11) is 0. The first-order valence-corrected chi connectivity index (χ1v) is 13.7. The lowest BCUT2D eigenvalue weighted by Gasteiger charge is -2.19. The largest absolute Gasteiger partial charge is 0.491 e. The maximum atomic E-state index is 10.6. The number of carbonyl (C=O) groups is 2. The van der Waals surface area contributed by atoms with Gasteiger partial charge in [-0.2, -0.15) is 26.3 Å². The second-order valence-corrected chi connectivity index (χ2v) is 10.3. The van der Waals surface area contributed by atoms with Crippen molar-refractivity contribution in [2.24, 2.45) is 0 Å². The Balaban J connectivity index is 0.000000360. The van der Waals surface area contributed by atoms with Crippen molar-refractivity contribution in [2.45, 2.75) is 31.0 Å². The number of β-amino-alcohol motifs (C(OH)–C–C–N with tert-alkyl or cyclic N) is 2. The zero-order valence-corrected chi connectivity index (χ0v) is 24.6. The number of likely N-dealkylation sites (tertiary alicyclic amines) is 1. The van der Waals surface area contributed by atoms with Crippen LogP contribution in [0.3, 0.4) is 0 Å². The molecule has 5 rings (SSSR count). The molecule has 3 aromatic heterocycles. The third-order valence-electron chi connectivity index (χ3n) is 6.25. The minimum atomic E-state index is -5.08. The number of aromatic amines is 1. The van der Waals surface area contributed by atoms with Gasteiger partial charge in [0, 0.05) is 54.7 Å². The highest BCUT2D eigenvalue weighted by atomic mass is 35.5. The maximum Gasteiger partial charge on any atom is 0.490 e. The second kappa shape index (κ2) is 15.9. The fourth-order valence-electron chi connectivity index (χ4n) is 4.23. The molecule has 2 unspecified atom stereocenters. The molecular weight excluding hydrogens is 668 g/mol. The van der Waals surface area contributed by atoms with Gasteiger partial charge < -0.3 is 30.1 Å². The van der Waals surface area contributed by atoms with Gasteiger partial charge >= 0.3 is 24.3 Å². The van der Waals surface area contributed by atoms with Crippen molar-refractivity contribution < 1.29 is 61.1 Å². The summed E-state index contributed by atoms with van der Waals surface area (Å²) in [6, 6.07) is 9.54. The number of aliphatic hydroxyl groups excluding tert-OH is 2. The average molecular weight is 694 g/mol. The molecule has 0 aliphatic carbocycles. The summed E-state index contributed by atoms with van der Waals surface area (Å²) in [5.74, 6) is -4.85. The Morgan fingerprint density at radius 3 is 2.09 bits per heavy atom. The minimum Gasteiger partial charge on any atom is -0.491 e. The van der Waals surface area contributed by atoms with E-state index < -0.39 is 30.4 Å². The molecule has 5 N–H and O–H groups in total. The molecule has 2 atom stereocenters. The second-order valence-electron chi connectivity index (χ2n) is 9.85. The molecule has 254 valence electrons. The Morgan fingerprint density at radius 2 is 1.57 bits per heavy atom. The van der Waals surface area contributed by atoms with E-state index in [1.165, 1.54) is 6.33 Å². The molecular formula is C28H26ClF6N5O7. The molecule has 47 heavy (non-hydrogen) atoms. The van der Waals surface area contributed by atoms with Crippen LogP contribution in [0.15, 0.2) is 55.2 Å². The number of nitrogens with zero attached hydrogens (tertiary/aromatic N) is 4. The summed E-state index contributed by atoms with van der Waals surface area (Å²) < 4.78 is 69.3. The molecule has 1 saturated heterocycles. The van der Waals surface area contributed by atoms with Crippen LogP contribution in [0.2, 0.25) is 5.02 Å². The standard InChI is InChI=1S/C24H24ClN5O3.2C2HF3O2/c25-17-7-21-22(16-8-26-14-27-9-16)23(29-24(21)28-10-17)15-1-3-20(4-2-15)33-13-19(32)12-30-6-5-18(31)11-30;2*3-2(4,5)1(6)7/h1-4,7-10,14,18-19,31-32H,5-6,11-13H2,(H,28,29);2*(H,6,7). The smallest absolute Gasteiger partial charge is 0.490 e. The van der Waals surface area contributed by atoms with Gasteiger partial charge in [-0.15, -0.1) is 0 Å². The first-order valence-electron chi connectivity index (χ1n) is 13.3. The molecule has 4 heterocycles. The van der Waals surface area contributed by atoms with E-state index in [4.69, 9.17) is 36.1 Å². The van der Waals surface area contributed by atoms with Gasteiger partial charge in [0.05, 0.1) is 16.8 Å². The maximum absolute atomic E-state index is 10.6. The van der Waals surface area contributed by atoms with Crippen molar-refractivity contribution in [3.05, 3.63) is 60.3 Å². The lowest BCUT2D eigenvalue weighted by molar-refractivity contribution is -0.193. The van der Waals surface area contributed by atoms with Crippen LogP contribution < -0.4 is 4.74 Å². The van der Waals surface area contributed by atoms with Crippen LogP contribution >= 0.6 is 11.6 Å². The summed E-state index contributed by atoms with van der Waals surface area (Å²) in [5.41, 5.74) is 4.34. The summed E-state index contributed by atoms with van der Waals surface area (Å²) in [5, 5.41) is 35.6. The van der Waals surface area contributed by atoms with E-state index in [1.807, 2.05) is 35.2 Å². The molecule has 1 aliphatic rings. The van der Waals surface area contributed by atoms with E-state index in [1.54, 1.807) is 18.6 Å². The van der Waals surface area contributed by atoms with Crippen LogP contribution in [0.25, 0.3) is 33.4 Å². The molecule has 19 heteroatoms. The molecule has 0 radical (unpaired) electrons. The first kappa shape index (κ1) is 36.9. The Bertz CT molecular complexity index is 1620. The Kier molecular flexibility index (Phi) is 12.5. The number of aromatic nitrogens is 4. The molecule has 1 aromatic carbocycles. The van der Waals surface area contributed by atoms with Gasteiger partial charge in [0.25, 0.3) is 0 Å². The fourth-order valence-corrected chi connectivity index (χ4v) is 4.39. The van der Waals surface area contributed by atoms with E-state index in [9.17, 15) is 36.6 Å². The minimum absolute atomic E-state index is 0.188. The van der Waals surface area contributed by atoms with E-state index in [-0.39, 0.29) is 12.7 Å². The quantitative estimate of drug-likeness (QED) is 0.173. The number of benzene rings is 1. The lowest BCUT2D eigenvalue weighted by Crippen LogP contribution is -2.34. The van der Waals surface area contributed by atoms with Crippen molar-refractivity contribution >= 4 is 34.6 Å². The predicted octanol–water partition coefficient (Wildman–Crippen LogP) is 4.41. The zero-order valence-electron chi connectivity index (χ0n) is 23.8. The highest BCUT2D eigenvalue weighted by Crippen LogP contribution is 2.38. The Morgan fingerprint density at radius 1 is 1.00 bits per heavy atom. The number of nitrogens with one attached hydrogen (secondary N) is 1. The third kappa shape index (κ3) is 11.1. The number of aliphatic hydroxyl groups is 2. The zero-order chi connectivity index (χ0) is 34.9. The Hall–Kier alpha value is -4.52. The number of H-pyrrole nitrogens is 1. The normalized spacial score (nSPS) is 15.6. The molecule has 0 amide bonds. The van der Waals surface area contributed by atoms with Crippen molar-refractivity contribution in [3.8, 4) is 28.1 Å². The number of hydrogen-bond donors (Lipinski definition) is 5. The van der Waals surface area contributed by atoms with Crippen LogP contribution in [0, 0.1) is 0 Å². The first-order chi connectivity index (χ1) is 22.0. The topological polar surface area (TPSA) is 182 Å². The van der Waals surface area contributed by atoms with Gasteiger partial charge in [-0.3, -0.25) is 4.90 Å². The average Bonchev–Trinajstić information content (AvgIpc) is 3.59. The number of fused-ring (bicyclic) bond motifs is 1. The fraction of sp³-hybridized carbons (Fsp3) is 0.321. The van der Waals surface area contributed by atoms with Crippen molar-refractivity contribution in [1.82, 2.24) is 24.8 Å². The lowest BCUT2D eigenvalue weighted by atomic mass is 10.0. The van der Waals surface area contributed by atoms with Crippen molar-refractivity contribution in [1.29, 1.82) is 0 Å². The number of carboxylic acid groups (broad SMARTS) is 2. The van der Waals surface area contributed by atoms with Crippen LogP contribution in [-0.4, -0.2) is 108 Å². The molecule has 0 saturated carbocycles. The third-order valence-corrected chi connectivity index (χ3v) is 6.46. The van der Waals surface area contributed by atoms with Gasteiger partial charge in [-0.05, 0) is 42.3 Å². The monoisotopic (exact) mass is 693 g/mol. The number of hydrogen-bond acceptors (Lipinski definition) is 9. The number of alkyl halides is 6. The van der Waals surface area contributed by atoms with Crippen LogP contribution in [0.5, 0.6) is 5.75 Å². The van der Waals surface area contributed by atoms with E-state index >= 15 is 0 Å². The molecule has 0 bridgehead atoms. The summed E-state index contributed by atoms with van der Waals surface area (Å²) in [6.07, 6.45) is -3.70. The summed E-state index contributed by atoms with van der Waals surface area (Å²) in [6.45, 7) is 2.08. The number of carboxylic acids is 2. The summed E-state index contributed by atoms with van der Waals surface area (Å²) >= 11 is 6.21. The molecule has 12 nitrogen and oxygen atoms in total. The molecule has 0 spiro atoms. The summed E-state index contributed by atoms with van der Waals surface area (Å²) in [4.78, 5) is 36.0. The van der Waals surface area contributed by atoms with Crippen LogP contribution in [-0.2, 0) is 9.59 Å². The number of pyridine rings is 1. The highest BCUT2D eigenvalue weighted by Gasteiger charge is 2.38. The number of ether oxygens (including phenoxy) is 1. The number of aliphatic carboxylic acids is 2. The van der Waals surface area contributed by atoms with Gasteiger partial charge in [0.15, 0.2) is 0 Å².